The average molecular weight is 409 g/mol. The van der Waals surface area contributed by atoms with Crippen molar-refractivity contribution in [1.29, 1.82) is 10.5 Å². The van der Waals surface area contributed by atoms with Crippen molar-refractivity contribution < 1.29 is 22.0 Å². The minimum absolute atomic E-state index is 0. The van der Waals surface area contributed by atoms with Gasteiger partial charge in [0.05, 0.1) is 4.92 Å². The number of nitriles is 2. The van der Waals surface area contributed by atoms with Gasteiger partial charge in [-0.1, -0.05) is 12.2 Å². The number of hydrogen-bond donors (Lipinski definition) is 0. The van der Waals surface area contributed by atoms with Gasteiger partial charge in [-0.05, 0) is 81.1 Å². The molecule has 0 bridgehead atoms. The Labute approximate surface area is 177 Å². The number of nitro benzene ring substituents is 1. The summed E-state index contributed by atoms with van der Waals surface area (Å²) in [5.41, 5.74) is 1.29. The van der Waals surface area contributed by atoms with Crippen molar-refractivity contribution in [1.82, 2.24) is 0 Å². The molecule has 2 aliphatic rings. The van der Waals surface area contributed by atoms with Crippen LogP contribution in [0.2, 0.25) is 0 Å². The van der Waals surface area contributed by atoms with E-state index in [-0.39, 0.29) is 28.3 Å². The van der Waals surface area contributed by atoms with E-state index in [1.54, 1.807) is 24.3 Å². The molecule has 0 atom stereocenters. The molecular weight excluding hydrogens is 394 g/mol. The fourth-order valence-electron chi connectivity index (χ4n) is 2.23. The van der Waals surface area contributed by atoms with Gasteiger partial charge in [0.1, 0.15) is 17.7 Å². The average Bonchev–Trinajstić information content (AvgIpc) is 3.42. The first kappa shape index (κ1) is 23.6. The molecule has 0 unspecified atom stereocenters. The van der Waals surface area contributed by atoms with Crippen LogP contribution >= 0.6 is 0 Å². The molecule has 0 saturated heterocycles. The molecular formula is C22H15FeN3O2+2. The minimum atomic E-state index is -0.466. The molecule has 2 fully saturated rings. The molecule has 6 heteroatoms. The molecule has 0 aromatic heterocycles. The third kappa shape index (κ3) is 7.31. The summed E-state index contributed by atoms with van der Waals surface area (Å²) in [6.07, 6.45) is 20.6. The summed E-state index contributed by atoms with van der Waals surface area (Å²) in [4.78, 5) is 10.1. The molecule has 0 N–H and O–H groups in total. The molecule has 5 nitrogen and oxygen atoms in total. The molecule has 2 aliphatic carbocycles. The van der Waals surface area contributed by atoms with Crippen molar-refractivity contribution in [3.63, 3.8) is 0 Å². The van der Waals surface area contributed by atoms with Crippen LogP contribution < -0.4 is 0 Å². The third-order valence-corrected chi connectivity index (χ3v) is 3.57. The van der Waals surface area contributed by atoms with Crippen LogP contribution in [0.1, 0.15) is 5.56 Å². The second-order valence-corrected chi connectivity index (χ2v) is 5.33. The van der Waals surface area contributed by atoms with Crippen LogP contribution in [0.4, 0.5) is 5.69 Å². The van der Waals surface area contributed by atoms with Gasteiger partial charge < -0.3 is 0 Å². The molecule has 2 saturated carbocycles. The second kappa shape index (κ2) is 12.9. The predicted molar refractivity (Wildman–Crippen MR) is 102 cm³/mol. The zero-order chi connectivity index (χ0) is 19.5. The maximum Gasteiger partial charge on any atom is 2.00 e. The first-order chi connectivity index (χ1) is 13.2. The fourth-order valence-corrected chi connectivity index (χ4v) is 2.23. The van der Waals surface area contributed by atoms with E-state index < -0.39 is 4.92 Å². The van der Waals surface area contributed by atoms with E-state index in [0.717, 1.165) is 11.5 Å². The zero-order valence-electron chi connectivity index (χ0n) is 14.7. The van der Waals surface area contributed by atoms with Crippen molar-refractivity contribution in [2.75, 3.05) is 0 Å². The normalized spacial score (nSPS) is 15.6. The van der Waals surface area contributed by atoms with Gasteiger partial charge in [-0.25, -0.2) is 0 Å². The smallest absolute Gasteiger partial charge is 0.258 e. The van der Waals surface area contributed by atoms with Gasteiger partial charge in [0.25, 0.3) is 5.69 Å². The summed E-state index contributed by atoms with van der Waals surface area (Å²) >= 11 is 0. The molecule has 0 spiro atoms. The van der Waals surface area contributed by atoms with Crippen LogP contribution in [-0.4, -0.2) is 4.92 Å². The van der Waals surface area contributed by atoms with Crippen LogP contribution in [0, 0.1) is 96.5 Å². The van der Waals surface area contributed by atoms with E-state index in [4.69, 9.17) is 10.5 Å². The molecule has 136 valence electrons. The largest absolute Gasteiger partial charge is 2.00 e. The van der Waals surface area contributed by atoms with Gasteiger partial charge in [0, 0.05) is 18.1 Å². The number of benzene rings is 1. The Morgan fingerprint density at radius 3 is 1.82 bits per heavy atom. The second-order valence-electron chi connectivity index (χ2n) is 5.33. The summed E-state index contributed by atoms with van der Waals surface area (Å²) in [6.45, 7) is 0. The van der Waals surface area contributed by atoms with Crippen LogP contribution in [0.25, 0.3) is 6.08 Å². The standard InChI is InChI=1S/C17H10N3O2.C5H5.Fe/c18-11-15(12-19)17(14-3-1-2-4-14)10-7-13-5-8-16(9-6-13)20(21)22;1-2-4-5-3-1;/h1-10H;1-5H;/q;;+2/b10-7+;;. The Kier molecular flexibility index (Phi) is 10.9. The molecule has 10 radical (unpaired) electrons. The topological polar surface area (TPSA) is 90.7 Å². The maximum absolute atomic E-state index is 10.6. The Morgan fingerprint density at radius 2 is 1.39 bits per heavy atom. The van der Waals surface area contributed by atoms with Gasteiger partial charge in [0.15, 0.2) is 0 Å². The van der Waals surface area contributed by atoms with E-state index in [1.807, 2.05) is 69.9 Å². The van der Waals surface area contributed by atoms with Crippen LogP contribution in [0.15, 0.2) is 41.5 Å². The Morgan fingerprint density at radius 1 is 0.893 bits per heavy atom. The molecule has 0 aliphatic heterocycles. The van der Waals surface area contributed by atoms with E-state index >= 15 is 0 Å². The number of nitrogens with zero attached hydrogens (tertiary/aromatic N) is 3. The molecule has 0 amide bonds. The van der Waals surface area contributed by atoms with Crippen LogP contribution in [0.3, 0.4) is 0 Å². The van der Waals surface area contributed by atoms with E-state index in [9.17, 15) is 10.1 Å². The van der Waals surface area contributed by atoms with Gasteiger partial charge >= 0.3 is 17.1 Å². The number of rotatable bonds is 4. The van der Waals surface area contributed by atoms with Gasteiger partial charge in [-0.15, -0.1) is 0 Å². The molecule has 28 heavy (non-hydrogen) atoms. The number of hydrogen-bond acceptors (Lipinski definition) is 4. The van der Waals surface area contributed by atoms with E-state index in [0.29, 0.717) is 5.57 Å². The van der Waals surface area contributed by atoms with E-state index in [1.165, 1.54) is 12.1 Å². The summed E-state index contributed by atoms with van der Waals surface area (Å²) < 4.78 is 0. The molecule has 1 aromatic rings. The number of allylic oxidation sites excluding steroid dienone is 3. The van der Waals surface area contributed by atoms with Gasteiger partial charge in [-0.3, -0.25) is 10.1 Å². The van der Waals surface area contributed by atoms with Crippen molar-refractivity contribution in [2.45, 2.75) is 0 Å². The number of nitro groups is 1. The maximum atomic E-state index is 10.6. The van der Waals surface area contributed by atoms with E-state index in [2.05, 4.69) is 0 Å². The van der Waals surface area contributed by atoms with Crippen LogP contribution in [0.5, 0.6) is 0 Å². The first-order valence-electron chi connectivity index (χ1n) is 8.01. The van der Waals surface area contributed by atoms with Crippen LogP contribution in [-0.2, 0) is 17.1 Å². The molecule has 0 heterocycles. The molecule has 3 rings (SSSR count). The SMILES string of the molecule is N#CC(C#N)=C(/C=C/c1ccc([N+](=O)[O-])cc1)[C]1[CH][CH][CH][CH]1.[CH]1[CH][CH][CH][CH]1.[Fe+2]. The van der Waals surface area contributed by atoms with Crippen molar-refractivity contribution in [2.24, 2.45) is 0 Å². The Hall–Kier alpha value is -2.40. The van der Waals surface area contributed by atoms with Crippen molar-refractivity contribution in [3.05, 3.63) is 121 Å². The quantitative estimate of drug-likeness (QED) is 0.243. The Balaban J connectivity index is 0.000000567. The van der Waals surface area contributed by atoms with Gasteiger partial charge in [0.2, 0.25) is 0 Å². The predicted octanol–water partition coefficient (Wildman–Crippen LogP) is 4.38. The summed E-state index contributed by atoms with van der Waals surface area (Å²) in [7, 11) is 0. The summed E-state index contributed by atoms with van der Waals surface area (Å²) in [5, 5.41) is 28.7. The molecule has 1 aromatic carbocycles. The summed E-state index contributed by atoms with van der Waals surface area (Å²) in [6, 6.07) is 9.78. The zero-order valence-corrected chi connectivity index (χ0v) is 15.8. The van der Waals surface area contributed by atoms with Crippen molar-refractivity contribution in [3.8, 4) is 12.1 Å². The van der Waals surface area contributed by atoms with Gasteiger partial charge in [-0.2, -0.15) is 10.5 Å². The number of non-ortho nitro benzene ring substituents is 1. The third-order valence-electron chi connectivity index (χ3n) is 3.57. The van der Waals surface area contributed by atoms with Crippen molar-refractivity contribution >= 4 is 11.8 Å². The first-order valence-corrected chi connectivity index (χ1v) is 8.01. The monoisotopic (exact) mass is 409 g/mol. The Bertz CT molecular complexity index is 752. The minimum Gasteiger partial charge on any atom is -0.258 e. The summed E-state index contributed by atoms with van der Waals surface area (Å²) in [5.74, 6) is 0.774. The fraction of sp³-hybridized carbons (Fsp3) is 0.